The van der Waals surface area contributed by atoms with Crippen LogP contribution in [-0.4, -0.2) is 35.0 Å². The first-order valence-corrected chi connectivity index (χ1v) is 5.19. The van der Waals surface area contributed by atoms with E-state index in [-0.39, 0.29) is 5.69 Å². The van der Waals surface area contributed by atoms with Gasteiger partial charge in [-0.3, -0.25) is 4.79 Å². The van der Waals surface area contributed by atoms with Crippen LogP contribution in [0.5, 0.6) is 0 Å². The molecule has 0 aromatic carbocycles. The summed E-state index contributed by atoms with van der Waals surface area (Å²) in [7, 11) is 0. The largest absolute Gasteiger partial charge is 0.367 e. The molecule has 0 aliphatic rings. The minimum atomic E-state index is -0.576. The van der Waals surface area contributed by atoms with Crippen molar-refractivity contribution in [2.24, 2.45) is 5.73 Å². The Hall–Kier alpha value is -1.69. The summed E-state index contributed by atoms with van der Waals surface area (Å²) in [6.07, 6.45) is 2.96. The highest BCUT2D eigenvalue weighted by Crippen LogP contribution is 2.05. The maximum atomic E-state index is 11.0. The third-order valence-electron chi connectivity index (χ3n) is 1.90. The lowest BCUT2D eigenvalue weighted by Crippen LogP contribution is -2.29. The topological polar surface area (TPSA) is 92.9 Å². The van der Waals surface area contributed by atoms with Crippen LogP contribution >= 0.6 is 0 Å². The van der Waals surface area contributed by atoms with Crippen molar-refractivity contribution in [1.82, 2.24) is 15.3 Å². The monoisotopic (exact) mass is 223 g/mol. The zero-order chi connectivity index (χ0) is 12.0. The summed E-state index contributed by atoms with van der Waals surface area (Å²) in [5.41, 5.74) is 5.34. The number of hydrogen-bond acceptors (Lipinski definition) is 5. The van der Waals surface area contributed by atoms with Crippen LogP contribution in [-0.2, 0) is 0 Å². The summed E-state index contributed by atoms with van der Waals surface area (Å²) in [5.74, 6) is -0.145. The van der Waals surface area contributed by atoms with E-state index in [2.05, 4.69) is 34.4 Å². The molecule has 1 heterocycles. The lowest BCUT2D eigenvalue weighted by molar-refractivity contribution is 0.0996. The molecule has 6 heteroatoms. The highest BCUT2D eigenvalue weighted by molar-refractivity contribution is 5.95. The molecule has 0 unspecified atom stereocenters. The maximum absolute atomic E-state index is 11.0. The summed E-state index contributed by atoms with van der Waals surface area (Å²) < 4.78 is 0. The molecule has 1 amide bonds. The lowest BCUT2D eigenvalue weighted by atomic mass is 10.3. The minimum Gasteiger partial charge on any atom is -0.367 e. The molecule has 0 bridgehead atoms. The van der Waals surface area contributed by atoms with Gasteiger partial charge in [-0.2, -0.15) is 0 Å². The van der Waals surface area contributed by atoms with E-state index in [1.54, 1.807) is 0 Å². The molecule has 4 N–H and O–H groups in total. The molecule has 0 aliphatic carbocycles. The van der Waals surface area contributed by atoms with E-state index in [4.69, 9.17) is 5.73 Å². The normalized spacial score (nSPS) is 10.4. The van der Waals surface area contributed by atoms with E-state index < -0.39 is 5.91 Å². The fraction of sp³-hybridized carbons (Fsp3) is 0.500. The van der Waals surface area contributed by atoms with Gasteiger partial charge in [0.1, 0.15) is 0 Å². The number of nitrogens with zero attached hydrogens (tertiary/aromatic N) is 2. The molecule has 88 valence electrons. The van der Waals surface area contributed by atoms with Gasteiger partial charge >= 0.3 is 0 Å². The number of carbonyl (C=O) groups is 1. The van der Waals surface area contributed by atoms with Gasteiger partial charge in [-0.15, -0.1) is 0 Å². The van der Waals surface area contributed by atoms with E-state index in [0.717, 1.165) is 6.54 Å². The maximum Gasteiger partial charge on any atom is 0.271 e. The number of anilines is 1. The van der Waals surface area contributed by atoms with E-state index >= 15 is 0 Å². The predicted octanol–water partition coefficient (Wildman–Crippen LogP) is -0.0146. The molecular formula is C10H17N5O. The summed E-state index contributed by atoms with van der Waals surface area (Å²) in [4.78, 5) is 18.9. The third-order valence-corrected chi connectivity index (χ3v) is 1.90. The molecule has 0 fully saturated rings. The molecule has 16 heavy (non-hydrogen) atoms. The fourth-order valence-corrected chi connectivity index (χ4v) is 1.19. The fourth-order valence-electron chi connectivity index (χ4n) is 1.19. The van der Waals surface area contributed by atoms with Crippen LogP contribution in [0.15, 0.2) is 12.4 Å². The Labute approximate surface area is 94.7 Å². The highest BCUT2D eigenvalue weighted by Gasteiger charge is 2.09. The number of nitrogens with one attached hydrogen (secondary N) is 2. The van der Waals surface area contributed by atoms with Crippen LogP contribution in [0.3, 0.4) is 0 Å². The molecular weight excluding hydrogens is 206 g/mol. The lowest BCUT2D eigenvalue weighted by Gasteiger charge is -2.10. The quantitative estimate of drug-likeness (QED) is 0.590. The van der Waals surface area contributed by atoms with Crippen molar-refractivity contribution in [1.29, 1.82) is 0 Å². The summed E-state index contributed by atoms with van der Waals surface area (Å²) in [6.45, 7) is 5.58. The molecule has 0 aliphatic heterocycles. The zero-order valence-corrected chi connectivity index (χ0v) is 9.53. The van der Waals surface area contributed by atoms with Crippen LogP contribution in [0, 0.1) is 0 Å². The third kappa shape index (κ3) is 3.82. The average molecular weight is 223 g/mol. The van der Waals surface area contributed by atoms with Crippen molar-refractivity contribution in [2.75, 3.05) is 18.4 Å². The van der Waals surface area contributed by atoms with Gasteiger partial charge in [0.15, 0.2) is 11.5 Å². The van der Waals surface area contributed by atoms with Crippen LogP contribution in [0.25, 0.3) is 0 Å². The Balaban J connectivity index is 2.50. The zero-order valence-electron chi connectivity index (χ0n) is 9.53. The molecule has 1 aromatic rings. The second-order valence-electron chi connectivity index (χ2n) is 3.65. The summed E-state index contributed by atoms with van der Waals surface area (Å²) >= 11 is 0. The molecule has 0 radical (unpaired) electrons. The first kappa shape index (κ1) is 12.4. The number of rotatable bonds is 6. The molecule has 6 nitrogen and oxygen atoms in total. The SMILES string of the molecule is CC(C)NCCNc1nccnc1C(N)=O. The molecule has 0 atom stereocenters. The Morgan fingerprint density at radius 3 is 2.69 bits per heavy atom. The number of amides is 1. The van der Waals surface area contributed by atoms with Crippen molar-refractivity contribution in [3.05, 3.63) is 18.1 Å². The van der Waals surface area contributed by atoms with Gasteiger partial charge in [-0.25, -0.2) is 9.97 Å². The van der Waals surface area contributed by atoms with Gasteiger partial charge in [-0.05, 0) is 0 Å². The van der Waals surface area contributed by atoms with E-state index in [9.17, 15) is 4.79 Å². The Kier molecular flexibility index (Phi) is 4.65. The van der Waals surface area contributed by atoms with Gasteiger partial charge in [0.2, 0.25) is 0 Å². The van der Waals surface area contributed by atoms with E-state index in [0.29, 0.717) is 18.4 Å². The Bertz CT molecular complexity index is 353. The smallest absolute Gasteiger partial charge is 0.271 e. The number of hydrogen-bond donors (Lipinski definition) is 3. The predicted molar refractivity (Wildman–Crippen MR) is 62.2 cm³/mol. The minimum absolute atomic E-state index is 0.173. The highest BCUT2D eigenvalue weighted by atomic mass is 16.1. The van der Waals surface area contributed by atoms with Crippen LogP contribution in [0.4, 0.5) is 5.82 Å². The van der Waals surface area contributed by atoms with Crippen LogP contribution < -0.4 is 16.4 Å². The molecule has 1 rings (SSSR count). The molecule has 0 saturated carbocycles. The first-order chi connectivity index (χ1) is 7.61. The Morgan fingerprint density at radius 2 is 2.06 bits per heavy atom. The second-order valence-corrected chi connectivity index (χ2v) is 3.65. The summed E-state index contributed by atoms with van der Waals surface area (Å²) in [5, 5.41) is 6.25. The van der Waals surface area contributed by atoms with Gasteiger partial charge in [0.25, 0.3) is 5.91 Å². The van der Waals surface area contributed by atoms with Crippen molar-refractivity contribution in [3.8, 4) is 0 Å². The van der Waals surface area contributed by atoms with E-state index in [1.165, 1.54) is 12.4 Å². The molecule has 0 spiro atoms. The molecule has 0 saturated heterocycles. The summed E-state index contributed by atoms with van der Waals surface area (Å²) in [6, 6.07) is 0.430. The van der Waals surface area contributed by atoms with Gasteiger partial charge in [0.05, 0.1) is 0 Å². The van der Waals surface area contributed by atoms with Crippen molar-refractivity contribution in [2.45, 2.75) is 19.9 Å². The van der Waals surface area contributed by atoms with Gasteiger partial charge < -0.3 is 16.4 Å². The van der Waals surface area contributed by atoms with Gasteiger partial charge in [0, 0.05) is 31.5 Å². The molecule has 1 aromatic heterocycles. The second kappa shape index (κ2) is 6.02. The number of nitrogens with two attached hydrogens (primary N) is 1. The van der Waals surface area contributed by atoms with Crippen LogP contribution in [0.2, 0.25) is 0 Å². The average Bonchev–Trinajstić information content (AvgIpc) is 2.24. The number of aromatic nitrogens is 2. The van der Waals surface area contributed by atoms with Crippen molar-refractivity contribution >= 4 is 11.7 Å². The number of primary amides is 1. The van der Waals surface area contributed by atoms with Crippen molar-refractivity contribution in [3.63, 3.8) is 0 Å². The van der Waals surface area contributed by atoms with Crippen molar-refractivity contribution < 1.29 is 4.79 Å². The number of carbonyl (C=O) groups excluding carboxylic acids is 1. The van der Waals surface area contributed by atoms with Crippen LogP contribution in [0.1, 0.15) is 24.3 Å². The van der Waals surface area contributed by atoms with Gasteiger partial charge in [-0.1, -0.05) is 13.8 Å². The van der Waals surface area contributed by atoms with E-state index in [1.807, 2.05) is 0 Å². The first-order valence-electron chi connectivity index (χ1n) is 5.19. The Morgan fingerprint density at radius 1 is 1.38 bits per heavy atom. The standard InChI is InChI=1S/C10H17N5O/c1-7(2)12-3-5-14-10-8(9(11)16)13-4-6-15-10/h4,6-7,12H,3,5H2,1-2H3,(H2,11,16)(H,14,15).